The second kappa shape index (κ2) is 4.75. The first-order chi connectivity index (χ1) is 5.81. The highest BCUT2D eigenvalue weighted by molar-refractivity contribution is 6.74. The summed E-state index contributed by atoms with van der Waals surface area (Å²) in [7, 11) is -1.60. The lowest BCUT2D eigenvalue weighted by Gasteiger charge is -2.36. The van der Waals surface area contributed by atoms with Crippen LogP contribution in [0.15, 0.2) is 6.08 Å². The van der Waals surface area contributed by atoms with Crippen molar-refractivity contribution in [3.05, 3.63) is 6.08 Å². The van der Waals surface area contributed by atoms with E-state index in [0.717, 1.165) is 0 Å². The smallest absolute Gasteiger partial charge is 0.191 e. The molecule has 0 fully saturated rings. The van der Waals surface area contributed by atoms with Crippen molar-refractivity contribution in [2.45, 2.75) is 45.3 Å². The molecule has 13 heavy (non-hydrogen) atoms. The van der Waals surface area contributed by atoms with Crippen molar-refractivity contribution in [1.82, 2.24) is 0 Å². The van der Waals surface area contributed by atoms with E-state index >= 15 is 0 Å². The Morgan fingerprint density at radius 1 is 1.38 bits per heavy atom. The SMILES string of the molecule is CC(C)(C)[Si](C)(C)OCCC=C=O. The quantitative estimate of drug-likeness (QED) is 0.396. The molecule has 0 spiro atoms. The summed E-state index contributed by atoms with van der Waals surface area (Å²) >= 11 is 0. The van der Waals surface area contributed by atoms with Crippen molar-refractivity contribution >= 4 is 14.3 Å². The topological polar surface area (TPSA) is 26.3 Å². The summed E-state index contributed by atoms with van der Waals surface area (Å²) in [4.78, 5) is 9.90. The maximum Gasteiger partial charge on any atom is 0.191 e. The fourth-order valence-electron chi connectivity index (χ4n) is 0.648. The molecule has 0 unspecified atom stereocenters. The van der Waals surface area contributed by atoms with E-state index in [9.17, 15) is 4.79 Å². The molecule has 2 nitrogen and oxygen atoms in total. The monoisotopic (exact) mass is 200 g/mol. The average Bonchev–Trinajstić information content (AvgIpc) is 1.96. The Hall–Kier alpha value is -0.373. The molecule has 0 aromatic rings. The normalized spacial score (nSPS) is 12.4. The van der Waals surface area contributed by atoms with E-state index in [0.29, 0.717) is 13.0 Å². The van der Waals surface area contributed by atoms with Gasteiger partial charge in [0.25, 0.3) is 0 Å². The minimum atomic E-state index is -1.60. The number of hydrogen-bond donors (Lipinski definition) is 0. The first kappa shape index (κ1) is 12.6. The van der Waals surface area contributed by atoms with Crippen LogP contribution in [0.3, 0.4) is 0 Å². The Kier molecular flexibility index (Phi) is 4.61. The molecule has 0 aromatic carbocycles. The van der Waals surface area contributed by atoms with Gasteiger partial charge in [-0.15, -0.1) is 0 Å². The van der Waals surface area contributed by atoms with E-state index < -0.39 is 8.32 Å². The third-order valence-electron chi connectivity index (χ3n) is 2.61. The van der Waals surface area contributed by atoms with E-state index in [1.165, 1.54) is 6.08 Å². The van der Waals surface area contributed by atoms with Gasteiger partial charge in [-0.05, 0) is 24.6 Å². The molecule has 0 amide bonds. The third kappa shape index (κ3) is 4.41. The molecule has 0 aliphatic carbocycles. The van der Waals surface area contributed by atoms with Gasteiger partial charge in [0.15, 0.2) is 8.32 Å². The van der Waals surface area contributed by atoms with Gasteiger partial charge < -0.3 is 4.43 Å². The van der Waals surface area contributed by atoms with Crippen LogP contribution >= 0.6 is 0 Å². The van der Waals surface area contributed by atoms with Crippen LogP contribution in [-0.4, -0.2) is 20.9 Å². The van der Waals surface area contributed by atoms with Crippen molar-refractivity contribution < 1.29 is 9.22 Å². The lowest BCUT2D eigenvalue weighted by atomic mass is 10.2. The summed E-state index contributed by atoms with van der Waals surface area (Å²) in [6, 6.07) is 0. The fourth-order valence-corrected chi connectivity index (χ4v) is 1.71. The summed E-state index contributed by atoms with van der Waals surface area (Å²) in [5, 5.41) is 0.248. The molecular weight excluding hydrogens is 180 g/mol. The molecule has 0 radical (unpaired) electrons. The second-order valence-electron chi connectivity index (χ2n) is 4.72. The van der Waals surface area contributed by atoms with Crippen LogP contribution in [0.1, 0.15) is 27.2 Å². The molecule has 0 aliphatic heterocycles. The van der Waals surface area contributed by atoms with Gasteiger partial charge in [0.1, 0.15) is 5.94 Å². The van der Waals surface area contributed by atoms with Crippen LogP contribution in [0.5, 0.6) is 0 Å². The molecule has 76 valence electrons. The van der Waals surface area contributed by atoms with Crippen molar-refractivity contribution in [2.24, 2.45) is 0 Å². The second-order valence-corrected chi connectivity index (χ2v) is 9.53. The van der Waals surface area contributed by atoms with Crippen LogP contribution in [0.2, 0.25) is 18.1 Å². The van der Waals surface area contributed by atoms with Gasteiger partial charge >= 0.3 is 0 Å². The van der Waals surface area contributed by atoms with Crippen molar-refractivity contribution in [1.29, 1.82) is 0 Å². The highest BCUT2D eigenvalue weighted by atomic mass is 28.4. The van der Waals surface area contributed by atoms with Gasteiger partial charge in [0, 0.05) is 12.7 Å². The van der Waals surface area contributed by atoms with Gasteiger partial charge in [0.05, 0.1) is 0 Å². The Bertz CT molecular complexity index is 197. The van der Waals surface area contributed by atoms with Crippen molar-refractivity contribution in [2.75, 3.05) is 6.61 Å². The third-order valence-corrected chi connectivity index (χ3v) is 7.15. The highest BCUT2D eigenvalue weighted by Crippen LogP contribution is 2.36. The standard InChI is InChI=1S/C10H20O2Si/c1-10(2,3)13(4,5)12-9-7-6-8-11/h6H,7,9H2,1-5H3. The van der Waals surface area contributed by atoms with Crippen LogP contribution in [0.25, 0.3) is 0 Å². The molecule has 0 rings (SSSR count). The van der Waals surface area contributed by atoms with E-state index in [2.05, 4.69) is 33.9 Å². The summed E-state index contributed by atoms with van der Waals surface area (Å²) in [6.07, 6.45) is 2.16. The first-order valence-electron chi connectivity index (χ1n) is 4.64. The van der Waals surface area contributed by atoms with E-state index in [1.807, 2.05) is 0 Å². The molecular formula is C10H20O2Si. The first-order valence-corrected chi connectivity index (χ1v) is 7.55. The molecule has 0 saturated heterocycles. The maximum absolute atomic E-state index is 9.90. The van der Waals surface area contributed by atoms with Gasteiger partial charge in [-0.1, -0.05) is 20.8 Å². The Morgan fingerprint density at radius 2 is 1.92 bits per heavy atom. The zero-order valence-corrected chi connectivity index (χ0v) is 10.3. The predicted molar refractivity (Wildman–Crippen MR) is 58.0 cm³/mol. The average molecular weight is 200 g/mol. The molecule has 0 N–H and O–H groups in total. The lowest BCUT2D eigenvalue weighted by molar-refractivity contribution is 0.294. The number of carbonyl (C=O) groups excluding carboxylic acids is 1. The molecule has 3 heteroatoms. The van der Waals surface area contributed by atoms with Gasteiger partial charge in [-0.3, -0.25) is 0 Å². The van der Waals surface area contributed by atoms with Gasteiger partial charge in [0.2, 0.25) is 0 Å². The van der Waals surface area contributed by atoms with E-state index in [-0.39, 0.29) is 5.04 Å². The van der Waals surface area contributed by atoms with Gasteiger partial charge in [-0.25, -0.2) is 4.79 Å². The van der Waals surface area contributed by atoms with Crippen molar-refractivity contribution in [3.63, 3.8) is 0 Å². The number of rotatable bonds is 4. The summed E-state index contributed by atoms with van der Waals surface area (Å²) < 4.78 is 5.82. The summed E-state index contributed by atoms with van der Waals surface area (Å²) in [5.41, 5.74) is 0. The minimum Gasteiger partial charge on any atom is -0.416 e. The van der Waals surface area contributed by atoms with Crippen LogP contribution in [-0.2, 0) is 9.22 Å². The number of hydrogen-bond acceptors (Lipinski definition) is 2. The fraction of sp³-hybridized carbons (Fsp3) is 0.800. The van der Waals surface area contributed by atoms with Crippen LogP contribution < -0.4 is 0 Å². The highest BCUT2D eigenvalue weighted by Gasteiger charge is 2.36. The summed E-state index contributed by atoms with van der Waals surface area (Å²) in [6.45, 7) is 11.7. The van der Waals surface area contributed by atoms with Crippen LogP contribution in [0, 0.1) is 0 Å². The van der Waals surface area contributed by atoms with Crippen molar-refractivity contribution in [3.8, 4) is 0 Å². The Labute approximate surface area is 82.1 Å². The van der Waals surface area contributed by atoms with Crippen LogP contribution in [0.4, 0.5) is 0 Å². The summed E-state index contributed by atoms with van der Waals surface area (Å²) in [5.74, 6) is 1.75. The molecule has 0 aromatic heterocycles. The maximum atomic E-state index is 9.90. The molecule has 0 aliphatic rings. The predicted octanol–water partition coefficient (Wildman–Crippen LogP) is 2.79. The minimum absolute atomic E-state index is 0.248. The lowest BCUT2D eigenvalue weighted by Crippen LogP contribution is -2.40. The van der Waals surface area contributed by atoms with Gasteiger partial charge in [-0.2, -0.15) is 0 Å². The largest absolute Gasteiger partial charge is 0.416 e. The Balaban J connectivity index is 3.96. The zero-order chi connectivity index (χ0) is 10.5. The Morgan fingerprint density at radius 3 is 2.31 bits per heavy atom. The molecule has 0 heterocycles. The zero-order valence-electron chi connectivity index (χ0n) is 9.31. The molecule has 0 atom stereocenters. The molecule has 0 saturated carbocycles. The van der Waals surface area contributed by atoms with E-state index in [1.54, 1.807) is 5.94 Å². The molecule has 0 bridgehead atoms. The van der Waals surface area contributed by atoms with E-state index in [4.69, 9.17) is 4.43 Å².